The second kappa shape index (κ2) is 11.4. The smallest absolute Gasteiger partial charge is 0.319 e. The highest BCUT2D eigenvalue weighted by Crippen LogP contribution is 2.50. The van der Waals surface area contributed by atoms with Gasteiger partial charge in [0.25, 0.3) is 0 Å². The van der Waals surface area contributed by atoms with E-state index >= 15 is 13.2 Å². The molecule has 1 saturated carbocycles. The Labute approximate surface area is 280 Å². The third kappa shape index (κ3) is 5.24. The van der Waals surface area contributed by atoms with Crippen LogP contribution in [0.5, 0.6) is 11.8 Å². The van der Waals surface area contributed by atoms with E-state index in [1.807, 2.05) is 4.90 Å². The van der Waals surface area contributed by atoms with Crippen molar-refractivity contribution in [3.63, 3.8) is 0 Å². The van der Waals surface area contributed by atoms with Crippen LogP contribution < -0.4 is 15.0 Å². The third-order valence-electron chi connectivity index (χ3n) is 11.7. The number of nitrogens with zero attached hydrogens (tertiary/aromatic N) is 5. The molecular formula is C37H36F4N6O2. The Morgan fingerprint density at radius 3 is 2.37 bits per heavy atom. The molecule has 4 aliphatic heterocycles. The minimum atomic E-state index is -1.27. The van der Waals surface area contributed by atoms with Crippen LogP contribution in [0.25, 0.3) is 32.8 Å². The molecule has 12 heteroatoms. The topological polar surface area (TPSA) is 97.5 Å². The number of nitriles is 1. The molecule has 4 saturated heterocycles. The summed E-state index contributed by atoms with van der Waals surface area (Å²) in [5, 5.41) is 23.4. The van der Waals surface area contributed by atoms with Gasteiger partial charge in [0.2, 0.25) is 0 Å². The van der Waals surface area contributed by atoms with Gasteiger partial charge < -0.3 is 20.1 Å². The number of nitrogens with one attached hydrogen (secondary N) is 1. The molecular weight excluding hydrogens is 636 g/mol. The van der Waals surface area contributed by atoms with Crippen molar-refractivity contribution < 1.29 is 27.4 Å². The van der Waals surface area contributed by atoms with Gasteiger partial charge >= 0.3 is 6.01 Å². The van der Waals surface area contributed by atoms with E-state index in [-0.39, 0.29) is 62.4 Å². The Morgan fingerprint density at radius 1 is 0.939 bits per heavy atom. The summed E-state index contributed by atoms with van der Waals surface area (Å²) in [4.78, 5) is 13.9. The van der Waals surface area contributed by atoms with Gasteiger partial charge in [-0.3, -0.25) is 4.90 Å². The fourth-order valence-corrected chi connectivity index (χ4v) is 9.03. The highest BCUT2D eigenvalue weighted by molar-refractivity contribution is 6.02. The van der Waals surface area contributed by atoms with Crippen LogP contribution >= 0.6 is 0 Å². The summed E-state index contributed by atoms with van der Waals surface area (Å²) in [6, 6.07) is 9.24. The number of rotatable bonds is 7. The fraction of sp³-hybridized carbons (Fsp3) is 0.486. The second-order valence-electron chi connectivity index (χ2n) is 14.9. The van der Waals surface area contributed by atoms with Gasteiger partial charge in [-0.25, -0.2) is 17.6 Å². The summed E-state index contributed by atoms with van der Waals surface area (Å²) in [5.74, 6) is -4.40. The van der Waals surface area contributed by atoms with Crippen LogP contribution in [0.3, 0.4) is 0 Å². The van der Waals surface area contributed by atoms with E-state index in [1.165, 1.54) is 12.1 Å². The van der Waals surface area contributed by atoms with Gasteiger partial charge in [0.1, 0.15) is 22.9 Å². The second-order valence-corrected chi connectivity index (χ2v) is 14.9. The summed E-state index contributed by atoms with van der Waals surface area (Å²) < 4.78 is 68.9. The molecule has 0 amide bonds. The van der Waals surface area contributed by atoms with Crippen molar-refractivity contribution in [1.82, 2.24) is 20.2 Å². The quantitative estimate of drug-likeness (QED) is 0.213. The molecule has 4 bridgehead atoms. The maximum absolute atomic E-state index is 16.8. The lowest BCUT2D eigenvalue weighted by molar-refractivity contribution is 0.0760. The Balaban J connectivity index is 1.11. The maximum Gasteiger partial charge on any atom is 0.319 e. The summed E-state index contributed by atoms with van der Waals surface area (Å²) in [5.41, 5.74) is -1.24. The number of phenols is 1. The van der Waals surface area contributed by atoms with E-state index in [2.05, 4.69) is 21.3 Å². The number of aromatic hydroxyl groups is 1. The minimum Gasteiger partial charge on any atom is -0.508 e. The normalized spacial score (nSPS) is 27.2. The number of halogens is 4. The first-order valence-electron chi connectivity index (χ1n) is 17.3. The Bertz CT molecular complexity index is 2020. The number of piperazine rings is 1. The van der Waals surface area contributed by atoms with E-state index in [1.54, 1.807) is 0 Å². The number of piperidine rings is 1. The van der Waals surface area contributed by atoms with Crippen molar-refractivity contribution in [2.75, 3.05) is 31.1 Å². The van der Waals surface area contributed by atoms with Gasteiger partial charge in [-0.05, 0) is 81.0 Å². The molecule has 5 heterocycles. The van der Waals surface area contributed by atoms with E-state index in [9.17, 15) is 14.8 Å². The van der Waals surface area contributed by atoms with E-state index in [0.29, 0.717) is 37.6 Å². The molecule has 254 valence electrons. The van der Waals surface area contributed by atoms with Gasteiger partial charge in [-0.15, -0.1) is 0 Å². The first-order valence-corrected chi connectivity index (χ1v) is 17.3. The largest absolute Gasteiger partial charge is 0.508 e. The van der Waals surface area contributed by atoms with Crippen LogP contribution in [0.1, 0.15) is 51.4 Å². The molecule has 49 heavy (non-hydrogen) atoms. The van der Waals surface area contributed by atoms with Crippen LogP contribution in [-0.2, 0) is 0 Å². The first-order chi connectivity index (χ1) is 23.7. The van der Waals surface area contributed by atoms with Gasteiger partial charge in [-0.2, -0.15) is 15.2 Å². The first kappa shape index (κ1) is 30.8. The lowest BCUT2D eigenvalue weighted by atomic mass is 9.90. The number of fused-ring (bicyclic) bond motifs is 6. The average Bonchev–Trinajstić information content (AvgIpc) is 3.72. The van der Waals surface area contributed by atoms with Gasteiger partial charge in [0, 0.05) is 71.5 Å². The lowest BCUT2D eigenvalue weighted by Crippen LogP contribution is -2.51. The minimum absolute atomic E-state index is 0.0275. The van der Waals surface area contributed by atoms with Crippen molar-refractivity contribution in [1.29, 1.82) is 5.26 Å². The molecule has 1 aromatic heterocycles. The van der Waals surface area contributed by atoms with E-state index in [4.69, 9.17) is 9.72 Å². The molecule has 4 aromatic rings. The van der Waals surface area contributed by atoms with Crippen LogP contribution in [0, 0.1) is 45.9 Å². The predicted molar refractivity (Wildman–Crippen MR) is 175 cm³/mol. The Morgan fingerprint density at radius 2 is 1.67 bits per heavy atom. The number of ether oxygens (including phenoxy) is 1. The van der Waals surface area contributed by atoms with Crippen molar-refractivity contribution in [2.45, 2.75) is 75.5 Å². The molecule has 4 unspecified atom stereocenters. The molecule has 4 atom stereocenters. The average molecular weight is 673 g/mol. The Hall–Kier alpha value is -4.21. The fourth-order valence-electron chi connectivity index (χ4n) is 9.03. The highest BCUT2D eigenvalue weighted by atomic mass is 19.2. The maximum atomic E-state index is 16.8. The standard InChI is InChI=1S/C37H36F4N6O2/c38-28-6-1-20-11-25(48)12-26(30(20)32(28)40)31-29(39)13-27-34(33(31)41)44-36(45-35(27)46-15-21-2-3-22(16-46)43-21)49-18-37(7-8-37)17-47-23-4-5-24(47)10-19(9-23)14-42/h1,6,11-13,19,21-24,43,48H,2-5,7-10,15-18H2. The number of hydrogen-bond acceptors (Lipinski definition) is 8. The van der Waals surface area contributed by atoms with Crippen LogP contribution in [0.15, 0.2) is 30.3 Å². The summed E-state index contributed by atoms with van der Waals surface area (Å²) >= 11 is 0. The van der Waals surface area contributed by atoms with Crippen molar-refractivity contribution in [3.05, 3.63) is 53.6 Å². The predicted octanol–water partition coefficient (Wildman–Crippen LogP) is 6.58. The van der Waals surface area contributed by atoms with Crippen LogP contribution in [0.2, 0.25) is 0 Å². The molecule has 1 aliphatic carbocycles. The number of phenolic OH excluding ortho intramolecular Hbond substituents is 1. The summed E-state index contributed by atoms with van der Waals surface area (Å²) in [6.07, 6.45) is 7.94. The van der Waals surface area contributed by atoms with Crippen LogP contribution in [-0.4, -0.2) is 70.4 Å². The van der Waals surface area contributed by atoms with Crippen molar-refractivity contribution in [3.8, 4) is 29.0 Å². The SMILES string of the molecule is N#CC1CC2CCC(C1)N2CC1(COc2nc(N3CC4CCC(C3)N4)c3cc(F)c(-c4cc(O)cc5ccc(F)c(F)c45)c(F)c3n2)CC1. The van der Waals surface area contributed by atoms with Gasteiger partial charge in [0.05, 0.1) is 18.2 Å². The van der Waals surface area contributed by atoms with Crippen LogP contribution in [0.4, 0.5) is 23.4 Å². The molecule has 5 fully saturated rings. The lowest BCUT2D eigenvalue weighted by Gasteiger charge is -2.39. The molecule has 9 rings (SSSR count). The zero-order valence-corrected chi connectivity index (χ0v) is 26.9. The molecule has 0 radical (unpaired) electrons. The highest BCUT2D eigenvalue weighted by Gasteiger charge is 2.50. The number of anilines is 1. The number of hydrogen-bond donors (Lipinski definition) is 2. The molecule has 5 aliphatic rings. The van der Waals surface area contributed by atoms with Gasteiger partial charge in [-0.1, -0.05) is 6.07 Å². The number of benzene rings is 3. The Kier molecular flexibility index (Phi) is 7.18. The summed E-state index contributed by atoms with van der Waals surface area (Å²) in [7, 11) is 0. The van der Waals surface area contributed by atoms with E-state index < -0.39 is 28.8 Å². The monoisotopic (exact) mass is 672 g/mol. The van der Waals surface area contributed by atoms with Crippen molar-refractivity contribution in [2.24, 2.45) is 11.3 Å². The zero-order valence-electron chi connectivity index (χ0n) is 26.9. The van der Waals surface area contributed by atoms with E-state index in [0.717, 1.165) is 76.1 Å². The van der Waals surface area contributed by atoms with Gasteiger partial charge in [0.15, 0.2) is 17.5 Å². The third-order valence-corrected chi connectivity index (χ3v) is 11.7. The molecule has 0 spiro atoms. The van der Waals surface area contributed by atoms with Crippen molar-refractivity contribution >= 4 is 27.5 Å². The molecule has 2 N–H and O–H groups in total. The molecule has 8 nitrogen and oxygen atoms in total. The summed E-state index contributed by atoms with van der Waals surface area (Å²) in [6.45, 7) is 2.39. The molecule has 3 aromatic carbocycles. The zero-order chi connectivity index (χ0) is 33.6. The number of aromatic nitrogens is 2.